The minimum absolute atomic E-state index is 0.319. The molecule has 0 aromatic carbocycles. The molecule has 1 rings (SSSR count). The van der Waals surface area contributed by atoms with Crippen molar-refractivity contribution in [2.24, 2.45) is 0 Å². The Hall–Kier alpha value is -0.810. The van der Waals surface area contributed by atoms with Crippen LogP contribution in [0.1, 0.15) is 59.8 Å². The van der Waals surface area contributed by atoms with Crippen molar-refractivity contribution in [3.63, 3.8) is 0 Å². The van der Waals surface area contributed by atoms with Crippen LogP contribution in [0.2, 0.25) is 0 Å². The van der Waals surface area contributed by atoms with Gasteiger partial charge in [0.15, 0.2) is 0 Å². The van der Waals surface area contributed by atoms with Crippen molar-refractivity contribution in [3.05, 3.63) is 0 Å². The molecule has 1 aliphatic heterocycles. The quantitative estimate of drug-likeness (QED) is 0.644. The van der Waals surface area contributed by atoms with Gasteiger partial charge < -0.3 is 20.7 Å². The predicted octanol–water partition coefficient (Wildman–Crippen LogP) is 2.41. The molecule has 124 valence electrons. The Kier molecular flexibility index (Phi) is 8.04. The molecule has 5 heteroatoms. The molecule has 1 heterocycles. The average Bonchev–Trinajstić information content (AvgIpc) is 2.89. The molecule has 1 aliphatic rings. The smallest absolute Gasteiger partial charge is 0.407 e. The van der Waals surface area contributed by atoms with Crippen molar-refractivity contribution in [1.29, 1.82) is 0 Å². The summed E-state index contributed by atoms with van der Waals surface area (Å²) >= 11 is 0. The summed E-state index contributed by atoms with van der Waals surface area (Å²) in [6.07, 6.45) is 5.61. The molecular weight excluding hydrogens is 266 g/mol. The second kappa shape index (κ2) is 9.26. The maximum Gasteiger partial charge on any atom is 0.407 e. The van der Waals surface area contributed by atoms with E-state index >= 15 is 0 Å². The van der Waals surface area contributed by atoms with E-state index in [2.05, 4.69) is 22.9 Å². The van der Waals surface area contributed by atoms with Gasteiger partial charge in [-0.3, -0.25) is 0 Å². The van der Waals surface area contributed by atoms with E-state index in [4.69, 9.17) is 4.74 Å². The summed E-state index contributed by atoms with van der Waals surface area (Å²) in [5, 5.41) is 9.95. The Morgan fingerprint density at radius 2 is 2.19 bits per heavy atom. The van der Waals surface area contributed by atoms with E-state index < -0.39 is 5.60 Å². The minimum atomic E-state index is -0.440. The summed E-state index contributed by atoms with van der Waals surface area (Å²) in [7, 11) is 0. The van der Waals surface area contributed by atoms with Crippen LogP contribution >= 0.6 is 0 Å². The van der Waals surface area contributed by atoms with Crippen LogP contribution in [-0.4, -0.2) is 43.4 Å². The van der Waals surface area contributed by atoms with Gasteiger partial charge in [0.2, 0.25) is 0 Å². The molecule has 0 aromatic heterocycles. The number of carbonyl (C=O) groups excluding carboxylic acids is 1. The Labute approximate surface area is 129 Å². The van der Waals surface area contributed by atoms with Gasteiger partial charge in [0.1, 0.15) is 5.60 Å². The molecule has 2 unspecified atom stereocenters. The number of hydrogen-bond acceptors (Lipinski definition) is 4. The first-order valence-corrected chi connectivity index (χ1v) is 8.34. The fourth-order valence-corrected chi connectivity index (χ4v) is 2.49. The molecule has 1 amide bonds. The SMILES string of the molecule is CCCCC(CNC(=O)OC(C)(C)C)NCC1CCCN1. The number of unbranched alkanes of at least 4 members (excludes halogenated alkanes) is 1. The van der Waals surface area contributed by atoms with Crippen LogP contribution in [0.3, 0.4) is 0 Å². The average molecular weight is 299 g/mol. The Bertz CT molecular complexity index is 296. The van der Waals surface area contributed by atoms with E-state index in [1.54, 1.807) is 0 Å². The van der Waals surface area contributed by atoms with Gasteiger partial charge in [0, 0.05) is 25.2 Å². The molecule has 1 fully saturated rings. The third-order valence-corrected chi connectivity index (χ3v) is 3.61. The number of carbonyl (C=O) groups is 1. The van der Waals surface area contributed by atoms with Crippen LogP contribution in [0, 0.1) is 0 Å². The highest BCUT2D eigenvalue weighted by Gasteiger charge is 2.19. The van der Waals surface area contributed by atoms with Gasteiger partial charge in [-0.2, -0.15) is 0 Å². The number of hydrogen-bond donors (Lipinski definition) is 3. The lowest BCUT2D eigenvalue weighted by Gasteiger charge is -2.23. The molecule has 0 bridgehead atoms. The summed E-state index contributed by atoms with van der Waals surface area (Å²) in [5.74, 6) is 0. The largest absolute Gasteiger partial charge is 0.444 e. The van der Waals surface area contributed by atoms with Crippen LogP contribution in [0.4, 0.5) is 4.79 Å². The molecular formula is C16H33N3O2. The molecule has 0 aromatic rings. The van der Waals surface area contributed by atoms with E-state index in [0.29, 0.717) is 18.6 Å². The lowest BCUT2D eigenvalue weighted by molar-refractivity contribution is 0.0521. The molecule has 0 spiro atoms. The van der Waals surface area contributed by atoms with Gasteiger partial charge in [0.05, 0.1) is 0 Å². The third-order valence-electron chi connectivity index (χ3n) is 3.61. The van der Waals surface area contributed by atoms with Crippen LogP contribution < -0.4 is 16.0 Å². The Morgan fingerprint density at radius 3 is 2.76 bits per heavy atom. The second-order valence-corrected chi connectivity index (χ2v) is 6.92. The van der Waals surface area contributed by atoms with E-state index in [1.165, 1.54) is 25.7 Å². The normalized spacial score (nSPS) is 20.3. The summed E-state index contributed by atoms with van der Waals surface area (Å²) in [6, 6.07) is 0.899. The van der Waals surface area contributed by atoms with Gasteiger partial charge in [0.25, 0.3) is 0 Å². The van der Waals surface area contributed by atoms with Gasteiger partial charge in [-0.1, -0.05) is 19.8 Å². The number of alkyl carbamates (subject to hydrolysis) is 1. The van der Waals surface area contributed by atoms with E-state index in [1.807, 2.05) is 20.8 Å². The second-order valence-electron chi connectivity index (χ2n) is 6.92. The first-order chi connectivity index (χ1) is 9.90. The van der Waals surface area contributed by atoms with Gasteiger partial charge in [-0.15, -0.1) is 0 Å². The fraction of sp³-hybridized carbons (Fsp3) is 0.938. The van der Waals surface area contributed by atoms with Crippen molar-refractivity contribution < 1.29 is 9.53 Å². The molecule has 0 radical (unpaired) electrons. The number of rotatable bonds is 8. The molecule has 0 aliphatic carbocycles. The zero-order chi connectivity index (χ0) is 15.7. The summed E-state index contributed by atoms with van der Waals surface area (Å²) in [6.45, 7) is 10.6. The maximum atomic E-state index is 11.7. The van der Waals surface area contributed by atoms with Crippen LogP contribution in [-0.2, 0) is 4.74 Å². The lowest BCUT2D eigenvalue weighted by Crippen LogP contribution is -2.46. The van der Waals surface area contributed by atoms with E-state index in [0.717, 1.165) is 19.5 Å². The maximum absolute atomic E-state index is 11.7. The van der Waals surface area contributed by atoms with Crippen LogP contribution in [0.15, 0.2) is 0 Å². The first-order valence-electron chi connectivity index (χ1n) is 8.34. The highest BCUT2D eigenvalue weighted by atomic mass is 16.6. The standard InChI is InChI=1S/C16H33N3O2/c1-5-6-8-14(18-11-13-9-7-10-17-13)12-19-15(20)21-16(2,3)4/h13-14,17-18H,5-12H2,1-4H3,(H,19,20). The number of ether oxygens (including phenoxy) is 1. The zero-order valence-corrected chi connectivity index (χ0v) is 14.1. The minimum Gasteiger partial charge on any atom is -0.444 e. The fourth-order valence-electron chi connectivity index (χ4n) is 2.49. The van der Waals surface area contributed by atoms with Crippen LogP contribution in [0.25, 0.3) is 0 Å². The molecule has 3 N–H and O–H groups in total. The van der Waals surface area contributed by atoms with Gasteiger partial charge >= 0.3 is 6.09 Å². The molecule has 2 atom stereocenters. The van der Waals surface area contributed by atoms with Crippen molar-refractivity contribution >= 4 is 6.09 Å². The van der Waals surface area contributed by atoms with Gasteiger partial charge in [-0.25, -0.2) is 4.79 Å². The predicted molar refractivity (Wildman–Crippen MR) is 86.6 cm³/mol. The van der Waals surface area contributed by atoms with E-state index in [-0.39, 0.29) is 6.09 Å². The molecule has 0 saturated carbocycles. The van der Waals surface area contributed by atoms with E-state index in [9.17, 15) is 4.79 Å². The number of amides is 1. The van der Waals surface area contributed by atoms with Gasteiger partial charge in [-0.05, 0) is 46.6 Å². The van der Waals surface area contributed by atoms with Crippen molar-refractivity contribution in [3.8, 4) is 0 Å². The molecule has 1 saturated heterocycles. The summed E-state index contributed by atoms with van der Waals surface area (Å²) in [4.78, 5) is 11.7. The van der Waals surface area contributed by atoms with Crippen LogP contribution in [0.5, 0.6) is 0 Å². The Balaban J connectivity index is 2.29. The van der Waals surface area contributed by atoms with Crippen molar-refractivity contribution in [2.45, 2.75) is 77.5 Å². The third kappa shape index (κ3) is 8.94. The van der Waals surface area contributed by atoms with Crippen molar-refractivity contribution in [2.75, 3.05) is 19.6 Å². The monoisotopic (exact) mass is 299 g/mol. The topological polar surface area (TPSA) is 62.4 Å². The molecule has 21 heavy (non-hydrogen) atoms. The summed E-state index contributed by atoms with van der Waals surface area (Å²) < 4.78 is 5.28. The highest BCUT2D eigenvalue weighted by molar-refractivity contribution is 5.67. The molecule has 5 nitrogen and oxygen atoms in total. The number of nitrogens with one attached hydrogen (secondary N) is 3. The lowest BCUT2D eigenvalue weighted by atomic mass is 10.1. The highest BCUT2D eigenvalue weighted by Crippen LogP contribution is 2.08. The Morgan fingerprint density at radius 1 is 1.43 bits per heavy atom. The van der Waals surface area contributed by atoms with Crippen molar-refractivity contribution in [1.82, 2.24) is 16.0 Å². The zero-order valence-electron chi connectivity index (χ0n) is 14.1. The summed E-state index contributed by atoms with van der Waals surface area (Å²) in [5.41, 5.74) is -0.440. The first kappa shape index (κ1) is 18.2.